The number of hydrogen-bond acceptors (Lipinski definition) is 5. The Kier molecular flexibility index (Phi) is 5.72. The molecule has 1 unspecified atom stereocenters. The molecule has 1 rings (SSSR count). The lowest BCUT2D eigenvalue weighted by Gasteiger charge is -2.21. The van der Waals surface area contributed by atoms with E-state index in [1.54, 1.807) is 0 Å². The molecule has 1 aromatic rings. The summed E-state index contributed by atoms with van der Waals surface area (Å²) in [7, 11) is -1.33. The minimum absolute atomic E-state index is 0.0147. The molecular weight excluding hydrogens is 311 g/mol. The van der Waals surface area contributed by atoms with Crippen molar-refractivity contribution >= 4 is 27.3 Å². The largest absolute Gasteiger partial charge is 0.396 e. The second-order valence-electron chi connectivity index (χ2n) is 4.20. The lowest BCUT2D eigenvalue weighted by atomic mass is 10.3. The molecule has 0 saturated carbocycles. The molecule has 1 aromatic carbocycles. The number of benzene rings is 1. The molecule has 114 valence electrons. The molecule has 0 aliphatic heterocycles. The van der Waals surface area contributed by atoms with Crippen LogP contribution in [0.3, 0.4) is 0 Å². The van der Waals surface area contributed by atoms with Gasteiger partial charge in [0.2, 0.25) is 10.0 Å². The van der Waals surface area contributed by atoms with Crippen LogP contribution < -0.4 is 5.73 Å². The molecule has 0 radical (unpaired) electrons. The SMILES string of the molecule is COCC(O)CN(C)S(=O)(=O)c1cc(N)c(F)cc1Cl. The van der Waals surface area contributed by atoms with Gasteiger partial charge >= 0.3 is 0 Å². The number of nitrogens with two attached hydrogens (primary N) is 1. The molecule has 6 nitrogen and oxygen atoms in total. The second-order valence-corrected chi connectivity index (χ2v) is 6.62. The Morgan fingerprint density at radius 1 is 1.55 bits per heavy atom. The van der Waals surface area contributed by atoms with Crippen LogP contribution in [0.2, 0.25) is 5.02 Å². The van der Waals surface area contributed by atoms with E-state index < -0.39 is 21.9 Å². The summed E-state index contributed by atoms with van der Waals surface area (Å²) in [6, 6.07) is 1.79. The zero-order valence-corrected chi connectivity index (χ0v) is 12.6. The first-order chi connectivity index (χ1) is 9.20. The van der Waals surface area contributed by atoms with Crippen LogP contribution in [-0.2, 0) is 14.8 Å². The van der Waals surface area contributed by atoms with Gasteiger partial charge in [-0.25, -0.2) is 12.8 Å². The summed E-state index contributed by atoms with van der Waals surface area (Å²) in [4.78, 5) is -0.315. The topological polar surface area (TPSA) is 92.9 Å². The Morgan fingerprint density at radius 2 is 2.15 bits per heavy atom. The van der Waals surface area contributed by atoms with Crippen molar-refractivity contribution in [1.29, 1.82) is 0 Å². The second kappa shape index (κ2) is 6.68. The predicted molar refractivity (Wildman–Crippen MR) is 73.5 cm³/mol. The number of aliphatic hydroxyl groups excluding tert-OH is 1. The number of anilines is 1. The molecule has 0 aliphatic rings. The minimum Gasteiger partial charge on any atom is -0.396 e. The fourth-order valence-corrected chi connectivity index (χ4v) is 3.28. The summed E-state index contributed by atoms with van der Waals surface area (Å²) in [5, 5.41) is 9.28. The van der Waals surface area contributed by atoms with Crippen molar-refractivity contribution in [2.75, 3.05) is 33.0 Å². The Labute approximate surface area is 121 Å². The number of likely N-dealkylation sites (N-methyl/N-ethyl adjacent to an activating group) is 1. The van der Waals surface area contributed by atoms with Gasteiger partial charge in [-0.15, -0.1) is 0 Å². The van der Waals surface area contributed by atoms with Crippen LogP contribution >= 0.6 is 11.6 Å². The highest BCUT2D eigenvalue weighted by atomic mass is 35.5. The first kappa shape index (κ1) is 17.1. The zero-order chi connectivity index (χ0) is 15.5. The fraction of sp³-hybridized carbons (Fsp3) is 0.455. The minimum atomic E-state index is -3.98. The van der Waals surface area contributed by atoms with Crippen molar-refractivity contribution in [3.05, 3.63) is 23.0 Å². The van der Waals surface area contributed by atoms with Crippen LogP contribution in [0.15, 0.2) is 17.0 Å². The third-order valence-electron chi connectivity index (χ3n) is 2.57. The van der Waals surface area contributed by atoms with Gasteiger partial charge in [0.15, 0.2) is 0 Å². The Morgan fingerprint density at radius 3 is 2.70 bits per heavy atom. The van der Waals surface area contributed by atoms with Crippen LogP contribution in [0, 0.1) is 5.82 Å². The summed E-state index contributed by atoms with van der Waals surface area (Å²) in [5.74, 6) is -0.795. The molecule has 0 aliphatic carbocycles. The molecule has 20 heavy (non-hydrogen) atoms. The quantitative estimate of drug-likeness (QED) is 0.750. The van der Waals surface area contributed by atoms with Crippen molar-refractivity contribution in [3.63, 3.8) is 0 Å². The predicted octanol–water partition coefficient (Wildman–Crippen LogP) is 0.689. The Balaban J connectivity index is 3.07. The van der Waals surface area contributed by atoms with Crippen molar-refractivity contribution in [1.82, 2.24) is 4.31 Å². The van der Waals surface area contributed by atoms with Gasteiger partial charge in [-0.1, -0.05) is 11.6 Å². The maximum Gasteiger partial charge on any atom is 0.244 e. The molecule has 0 aromatic heterocycles. The van der Waals surface area contributed by atoms with E-state index in [9.17, 15) is 17.9 Å². The lowest BCUT2D eigenvalue weighted by molar-refractivity contribution is 0.0554. The van der Waals surface area contributed by atoms with Crippen molar-refractivity contribution in [2.24, 2.45) is 0 Å². The van der Waals surface area contributed by atoms with Crippen molar-refractivity contribution in [2.45, 2.75) is 11.0 Å². The van der Waals surface area contributed by atoms with Crippen LogP contribution in [0.25, 0.3) is 0 Å². The number of ether oxygens (including phenoxy) is 1. The standard InChI is InChI=1S/C11H16ClFN2O4S/c1-15(5-7(16)6-19-2)20(17,18)11-4-10(14)9(13)3-8(11)12/h3-4,7,16H,5-6,14H2,1-2H3. The summed E-state index contributed by atoms with van der Waals surface area (Å²) < 4.78 is 43.3. The Bertz CT molecular complexity index is 582. The van der Waals surface area contributed by atoms with E-state index in [0.717, 1.165) is 16.4 Å². The molecule has 9 heteroatoms. The normalized spacial score (nSPS) is 13.7. The molecular formula is C11H16ClFN2O4S. The zero-order valence-electron chi connectivity index (χ0n) is 11.0. The fourth-order valence-electron chi connectivity index (χ4n) is 1.55. The highest BCUT2D eigenvalue weighted by Crippen LogP contribution is 2.28. The highest BCUT2D eigenvalue weighted by molar-refractivity contribution is 7.89. The van der Waals surface area contributed by atoms with E-state index in [1.165, 1.54) is 14.2 Å². The molecule has 0 spiro atoms. The third-order valence-corrected chi connectivity index (χ3v) is 4.85. The van der Waals surface area contributed by atoms with Crippen LogP contribution in [0.4, 0.5) is 10.1 Å². The molecule has 1 atom stereocenters. The maximum absolute atomic E-state index is 13.2. The number of halogens is 2. The van der Waals surface area contributed by atoms with Crippen LogP contribution in [0.1, 0.15) is 0 Å². The average Bonchev–Trinajstić information content (AvgIpc) is 2.33. The average molecular weight is 327 g/mol. The number of aliphatic hydroxyl groups is 1. The molecule has 0 fully saturated rings. The van der Waals surface area contributed by atoms with Gasteiger partial charge in [-0.05, 0) is 12.1 Å². The van der Waals surface area contributed by atoms with E-state index in [0.29, 0.717) is 0 Å². The molecule has 3 N–H and O–H groups in total. The highest BCUT2D eigenvalue weighted by Gasteiger charge is 2.26. The monoisotopic (exact) mass is 326 g/mol. The Hall–Kier alpha value is -0.930. The summed E-state index contributed by atoms with van der Waals surface area (Å²) in [6.45, 7) is -0.205. The molecule has 0 amide bonds. The van der Waals surface area contributed by atoms with Crippen molar-refractivity contribution in [3.8, 4) is 0 Å². The molecule has 0 bridgehead atoms. The summed E-state index contributed by atoms with van der Waals surface area (Å²) >= 11 is 5.74. The molecule has 0 heterocycles. The number of sulfonamides is 1. The van der Waals surface area contributed by atoms with E-state index in [-0.39, 0.29) is 28.8 Å². The van der Waals surface area contributed by atoms with Crippen LogP contribution in [0.5, 0.6) is 0 Å². The van der Waals surface area contributed by atoms with Gasteiger partial charge in [-0.3, -0.25) is 0 Å². The number of hydrogen-bond donors (Lipinski definition) is 2. The maximum atomic E-state index is 13.2. The van der Waals surface area contributed by atoms with Gasteiger partial charge < -0.3 is 15.6 Å². The van der Waals surface area contributed by atoms with Crippen LogP contribution in [-0.4, -0.2) is 51.2 Å². The third kappa shape index (κ3) is 3.80. The van der Waals surface area contributed by atoms with E-state index in [4.69, 9.17) is 22.1 Å². The molecule has 0 saturated heterocycles. The van der Waals surface area contributed by atoms with E-state index in [1.807, 2.05) is 0 Å². The van der Waals surface area contributed by atoms with Gasteiger partial charge in [0.1, 0.15) is 10.7 Å². The number of methoxy groups -OCH3 is 1. The first-order valence-corrected chi connectivity index (χ1v) is 7.39. The first-order valence-electron chi connectivity index (χ1n) is 5.58. The van der Waals surface area contributed by atoms with Gasteiger partial charge in [0.05, 0.1) is 23.4 Å². The van der Waals surface area contributed by atoms with E-state index >= 15 is 0 Å². The van der Waals surface area contributed by atoms with E-state index in [2.05, 4.69) is 0 Å². The number of rotatable bonds is 6. The smallest absolute Gasteiger partial charge is 0.244 e. The van der Waals surface area contributed by atoms with Gasteiger partial charge in [0, 0.05) is 20.7 Å². The summed E-state index contributed by atoms with van der Waals surface area (Å²) in [6.07, 6.45) is -0.989. The van der Waals surface area contributed by atoms with Gasteiger partial charge in [0.25, 0.3) is 0 Å². The number of nitrogens with zero attached hydrogens (tertiary/aromatic N) is 1. The number of nitrogen functional groups attached to an aromatic ring is 1. The van der Waals surface area contributed by atoms with Gasteiger partial charge in [-0.2, -0.15) is 4.31 Å². The lowest BCUT2D eigenvalue weighted by Crippen LogP contribution is -2.36. The van der Waals surface area contributed by atoms with Crippen molar-refractivity contribution < 1.29 is 22.7 Å². The summed E-state index contributed by atoms with van der Waals surface area (Å²) in [5.41, 5.74) is 5.03.